The Kier molecular flexibility index (Phi) is 4.72. The van der Waals surface area contributed by atoms with E-state index in [0.29, 0.717) is 0 Å². The van der Waals surface area contributed by atoms with Crippen LogP contribution in [0.2, 0.25) is 0 Å². The van der Waals surface area contributed by atoms with Crippen molar-refractivity contribution in [2.24, 2.45) is 0 Å². The van der Waals surface area contributed by atoms with Crippen LogP contribution in [-0.2, 0) is 0 Å². The summed E-state index contributed by atoms with van der Waals surface area (Å²) in [4.78, 5) is 25.9. The van der Waals surface area contributed by atoms with Crippen LogP contribution in [0.5, 0.6) is 0 Å². The predicted molar refractivity (Wildman–Crippen MR) is 67.8 cm³/mol. The molecule has 0 spiro atoms. The molecule has 6 heteroatoms. The zero-order valence-corrected chi connectivity index (χ0v) is 10.4. The molecule has 94 valence electrons. The van der Waals surface area contributed by atoms with Crippen molar-refractivity contribution in [1.82, 2.24) is 15.6 Å². The second kappa shape index (κ2) is 5.84. The van der Waals surface area contributed by atoms with Crippen molar-refractivity contribution in [3.8, 4) is 0 Å². The molecule has 2 rings (SSSR count). The summed E-state index contributed by atoms with van der Waals surface area (Å²) in [5.74, 6) is -0.296. The third-order valence-corrected chi connectivity index (χ3v) is 2.70. The zero-order chi connectivity index (χ0) is 11.5. The van der Waals surface area contributed by atoms with Crippen LogP contribution >= 0.6 is 12.4 Å². The van der Waals surface area contributed by atoms with Gasteiger partial charge in [0.15, 0.2) is 0 Å². The van der Waals surface area contributed by atoms with Crippen molar-refractivity contribution in [3.63, 3.8) is 0 Å². The molecule has 1 atom stereocenters. The van der Waals surface area contributed by atoms with Gasteiger partial charge < -0.3 is 15.6 Å². The van der Waals surface area contributed by atoms with Crippen LogP contribution in [0.1, 0.15) is 22.5 Å². The number of amides is 1. The van der Waals surface area contributed by atoms with Crippen LogP contribution in [0.4, 0.5) is 0 Å². The van der Waals surface area contributed by atoms with Crippen LogP contribution in [0, 0.1) is 6.92 Å². The fourth-order valence-corrected chi connectivity index (χ4v) is 1.79. The molecule has 5 nitrogen and oxygen atoms in total. The van der Waals surface area contributed by atoms with Crippen molar-refractivity contribution in [3.05, 3.63) is 33.7 Å². The summed E-state index contributed by atoms with van der Waals surface area (Å²) < 4.78 is 0. The Morgan fingerprint density at radius 2 is 2.24 bits per heavy atom. The van der Waals surface area contributed by atoms with Gasteiger partial charge in [0.2, 0.25) is 0 Å². The molecule has 1 saturated heterocycles. The lowest BCUT2D eigenvalue weighted by Gasteiger charge is -2.10. The Bertz CT molecular complexity index is 452. The molecule has 0 aliphatic carbocycles. The Hall–Kier alpha value is -1.33. The van der Waals surface area contributed by atoms with Gasteiger partial charge in [-0.3, -0.25) is 9.59 Å². The highest BCUT2D eigenvalue weighted by Gasteiger charge is 2.18. The van der Waals surface area contributed by atoms with E-state index < -0.39 is 0 Å². The van der Waals surface area contributed by atoms with Crippen LogP contribution in [0.3, 0.4) is 0 Å². The highest BCUT2D eigenvalue weighted by Crippen LogP contribution is 1.99. The van der Waals surface area contributed by atoms with E-state index in [1.165, 1.54) is 0 Å². The number of aromatic nitrogens is 1. The van der Waals surface area contributed by atoms with Crippen LogP contribution in [-0.4, -0.2) is 30.0 Å². The van der Waals surface area contributed by atoms with E-state index in [-0.39, 0.29) is 35.5 Å². The molecular weight excluding hydrogens is 242 g/mol. The van der Waals surface area contributed by atoms with E-state index in [4.69, 9.17) is 0 Å². The minimum Gasteiger partial charge on any atom is -0.348 e. The van der Waals surface area contributed by atoms with Crippen molar-refractivity contribution in [2.75, 3.05) is 13.1 Å². The summed E-state index contributed by atoms with van der Waals surface area (Å²) in [7, 11) is 0. The van der Waals surface area contributed by atoms with Crippen LogP contribution in [0.15, 0.2) is 16.9 Å². The first-order valence-electron chi connectivity index (χ1n) is 5.38. The standard InChI is InChI=1S/C11H15N3O2.ClH/c1-7-2-3-9(10(15)13-7)11(16)14-8-4-5-12-6-8;/h2-3,8,12H,4-6H2,1H3,(H,13,15)(H,14,16);1H. The molecular formula is C11H16ClN3O2. The Morgan fingerprint density at radius 1 is 1.47 bits per heavy atom. The molecule has 2 heterocycles. The monoisotopic (exact) mass is 257 g/mol. The lowest BCUT2D eigenvalue weighted by atomic mass is 10.2. The molecule has 0 radical (unpaired) electrons. The first kappa shape index (κ1) is 13.7. The Morgan fingerprint density at radius 3 is 2.82 bits per heavy atom. The normalized spacial score (nSPS) is 18.5. The first-order valence-corrected chi connectivity index (χ1v) is 5.38. The fourth-order valence-electron chi connectivity index (χ4n) is 1.79. The summed E-state index contributed by atoms with van der Waals surface area (Å²) in [6.07, 6.45) is 0.912. The molecule has 1 unspecified atom stereocenters. The van der Waals surface area contributed by atoms with Crippen molar-refractivity contribution < 1.29 is 4.79 Å². The van der Waals surface area contributed by atoms with E-state index in [1.54, 1.807) is 19.1 Å². The maximum Gasteiger partial charge on any atom is 0.260 e. The molecule has 0 bridgehead atoms. The number of nitrogens with one attached hydrogen (secondary N) is 3. The SMILES string of the molecule is Cc1ccc(C(=O)NC2CCNC2)c(=O)[nH]1.Cl. The van der Waals surface area contributed by atoms with Gasteiger partial charge in [-0.2, -0.15) is 0 Å². The lowest BCUT2D eigenvalue weighted by Crippen LogP contribution is -2.38. The lowest BCUT2D eigenvalue weighted by molar-refractivity contribution is 0.0938. The van der Waals surface area contributed by atoms with Gasteiger partial charge in [0, 0.05) is 18.3 Å². The molecule has 0 aromatic carbocycles. The Labute approximate surface area is 105 Å². The number of aryl methyl sites for hydroxylation is 1. The maximum atomic E-state index is 11.8. The van der Waals surface area contributed by atoms with Crippen molar-refractivity contribution in [2.45, 2.75) is 19.4 Å². The van der Waals surface area contributed by atoms with Crippen molar-refractivity contribution in [1.29, 1.82) is 0 Å². The molecule has 1 fully saturated rings. The summed E-state index contributed by atoms with van der Waals surface area (Å²) in [6, 6.07) is 3.42. The summed E-state index contributed by atoms with van der Waals surface area (Å²) in [6.45, 7) is 3.47. The minimum atomic E-state index is -0.330. The number of hydrogen-bond acceptors (Lipinski definition) is 3. The predicted octanol–water partition coefficient (Wildman–Crippen LogP) is 0.197. The summed E-state index contributed by atoms with van der Waals surface area (Å²) >= 11 is 0. The summed E-state index contributed by atoms with van der Waals surface area (Å²) in [5.41, 5.74) is 0.602. The van der Waals surface area contributed by atoms with Gasteiger partial charge in [-0.05, 0) is 32.0 Å². The molecule has 1 aliphatic rings. The van der Waals surface area contributed by atoms with E-state index >= 15 is 0 Å². The average molecular weight is 258 g/mol. The average Bonchev–Trinajstić information content (AvgIpc) is 2.70. The minimum absolute atomic E-state index is 0. The first-order chi connectivity index (χ1) is 7.66. The van der Waals surface area contributed by atoms with Crippen molar-refractivity contribution >= 4 is 18.3 Å². The highest BCUT2D eigenvalue weighted by molar-refractivity contribution is 5.94. The maximum absolute atomic E-state index is 11.8. The number of pyridine rings is 1. The summed E-state index contributed by atoms with van der Waals surface area (Å²) in [5, 5.41) is 5.99. The number of carbonyl (C=O) groups is 1. The van der Waals surface area contributed by atoms with Gasteiger partial charge in [-0.1, -0.05) is 0 Å². The third-order valence-electron chi connectivity index (χ3n) is 2.70. The van der Waals surface area contributed by atoms with Crippen LogP contribution < -0.4 is 16.2 Å². The second-order valence-corrected chi connectivity index (χ2v) is 4.05. The number of rotatable bonds is 2. The Balaban J connectivity index is 0.00000144. The van der Waals surface area contributed by atoms with E-state index in [0.717, 1.165) is 25.2 Å². The van der Waals surface area contributed by atoms with Gasteiger partial charge in [0.25, 0.3) is 11.5 Å². The zero-order valence-electron chi connectivity index (χ0n) is 9.58. The molecule has 1 aromatic heterocycles. The van der Waals surface area contributed by atoms with E-state index in [9.17, 15) is 9.59 Å². The molecule has 1 amide bonds. The van der Waals surface area contributed by atoms with E-state index in [1.807, 2.05) is 0 Å². The molecule has 1 aromatic rings. The van der Waals surface area contributed by atoms with Gasteiger partial charge >= 0.3 is 0 Å². The van der Waals surface area contributed by atoms with Gasteiger partial charge in [0.05, 0.1) is 0 Å². The third kappa shape index (κ3) is 3.31. The topological polar surface area (TPSA) is 74.0 Å². The largest absolute Gasteiger partial charge is 0.348 e. The molecule has 1 aliphatic heterocycles. The van der Waals surface area contributed by atoms with Crippen LogP contribution in [0.25, 0.3) is 0 Å². The van der Waals surface area contributed by atoms with Gasteiger partial charge in [-0.15, -0.1) is 12.4 Å². The number of hydrogen-bond donors (Lipinski definition) is 3. The van der Waals surface area contributed by atoms with E-state index in [2.05, 4.69) is 15.6 Å². The number of H-pyrrole nitrogens is 1. The van der Waals surface area contributed by atoms with Gasteiger partial charge in [-0.25, -0.2) is 0 Å². The highest BCUT2D eigenvalue weighted by atomic mass is 35.5. The molecule has 3 N–H and O–H groups in total. The number of aromatic amines is 1. The number of carbonyl (C=O) groups excluding carboxylic acids is 1. The number of halogens is 1. The second-order valence-electron chi connectivity index (χ2n) is 4.05. The smallest absolute Gasteiger partial charge is 0.260 e. The quantitative estimate of drug-likeness (QED) is 0.709. The fraction of sp³-hybridized carbons (Fsp3) is 0.455. The van der Waals surface area contributed by atoms with Gasteiger partial charge in [0.1, 0.15) is 5.56 Å². The molecule has 0 saturated carbocycles. The molecule has 17 heavy (non-hydrogen) atoms.